The molecular formula is C14H17N5O2. The summed E-state index contributed by atoms with van der Waals surface area (Å²) in [6.45, 7) is 3.48. The maximum atomic E-state index is 12.6. The minimum Gasteiger partial charge on any atom is -0.378 e. The van der Waals surface area contributed by atoms with Crippen molar-refractivity contribution in [1.29, 1.82) is 0 Å². The lowest BCUT2D eigenvalue weighted by Crippen LogP contribution is -2.37. The second kappa shape index (κ2) is 5.61. The van der Waals surface area contributed by atoms with Gasteiger partial charge < -0.3 is 9.64 Å². The number of rotatable bonds is 2. The van der Waals surface area contributed by atoms with E-state index < -0.39 is 0 Å². The molecule has 110 valence electrons. The van der Waals surface area contributed by atoms with Crippen molar-refractivity contribution in [3.63, 3.8) is 0 Å². The van der Waals surface area contributed by atoms with Crippen molar-refractivity contribution < 1.29 is 9.53 Å². The molecule has 0 saturated carbocycles. The third-order valence-corrected chi connectivity index (χ3v) is 3.58. The number of methoxy groups -OCH3 is 1. The average Bonchev–Trinajstić information content (AvgIpc) is 2.85. The molecule has 1 aliphatic heterocycles. The number of amides is 1. The number of carbonyl (C=O) groups is 1. The van der Waals surface area contributed by atoms with Gasteiger partial charge >= 0.3 is 0 Å². The number of hydrogen-bond acceptors (Lipinski definition) is 5. The van der Waals surface area contributed by atoms with Gasteiger partial charge in [-0.05, 0) is 13.0 Å². The Morgan fingerprint density at radius 3 is 2.90 bits per heavy atom. The second-order valence-electron chi connectivity index (χ2n) is 5.09. The quantitative estimate of drug-likeness (QED) is 0.811. The van der Waals surface area contributed by atoms with Crippen LogP contribution in [0.4, 0.5) is 0 Å². The van der Waals surface area contributed by atoms with Crippen LogP contribution in [-0.4, -0.2) is 50.3 Å². The molecule has 7 heteroatoms. The van der Waals surface area contributed by atoms with Crippen molar-refractivity contribution in [2.24, 2.45) is 0 Å². The molecule has 0 fully saturated rings. The van der Waals surface area contributed by atoms with Crippen LogP contribution < -0.4 is 0 Å². The topological polar surface area (TPSA) is 73.1 Å². The number of ether oxygens (including phenoxy) is 1. The molecule has 2 aromatic heterocycles. The highest BCUT2D eigenvalue weighted by atomic mass is 16.5. The van der Waals surface area contributed by atoms with Crippen molar-refractivity contribution in [1.82, 2.24) is 24.6 Å². The minimum atomic E-state index is -0.140. The van der Waals surface area contributed by atoms with Crippen molar-refractivity contribution in [2.75, 3.05) is 13.7 Å². The summed E-state index contributed by atoms with van der Waals surface area (Å²) in [4.78, 5) is 22.6. The van der Waals surface area contributed by atoms with Gasteiger partial charge in [0.2, 0.25) is 0 Å². The van der Waals surface area contributed by atoms with Crippen molar-refractivity contribution in [3.05, 3.63) is 41.7 Å². The van der Waals surface area contributed by atoms with Gasteiger partial charge in [-0.1, -0.05) is 0 Å². The molecule has 7 nitrogen and oxygen atoms in total. The lowest BCUT2D eigenvalue weighted by molar-refractivity contribution is 0.0446. The molecule has 0 bridgehead atoms. The summed E-state index contributed by atoms with van der Waals surface area (Å²) in [5, 5.41) is 4.26. The summed E-state index contributed by atoms with van der Waals surface area (Å²) in [7, 11) is 1.65. The molecular weight excluding hydrogens is 270 g/mol. The van der Waals surface area contributed by atoms with E-state index in [1.54, 1.807) is 24.4 Å². The maximum Gasteiger partial charge on any atom is 0.274 e. The molecule has 0 radical (unpaired) electrons. The van der Waals surface area contributed by atoms with Crippen molar-refractivity contribution >= 4 is 5.91 Å². The summed E-state index contributed by atoms with van der Waals surface area (Å²) in [5.41, 5.74) is 2.13. The van der Waals surface area contributed by atoms with Crippen LogP contribution in [0.5, 0.6) is 0 Å². The van der Waals surface area contributed by atoms with Crippen molar-refractivity contribution in [2.45, 2.75) is 26.1 Å². The molecule has 0 N–H and O–H groups in total. The highest BCUT2D eigenvalue weighted by Crippen LogP contribution is 2.15. The first kappa shape index (κ1) is 13.7. The Morgan fingerprint density at radius 2 is 2.19 bits per heavy atom. The normalized spacial score (nSPS) is 18.2. The van der Waals surface area contributed by atoms with Crippen LogP contribution in [0, 0.1) is 6.92 Å². The van der Waals surface area contributed by atoms with Crippen LogP contribution >= 0.6 is 0 Å². The molecule has 0 aliphatic carbocycles. The first-order valence-corrected chi connectivity index (χ1v) is 6.79. The Morgan fingerprint density at radius 1 is 1.33 bits per heavy atom. The van der Waals surface area contributed by atoms with E-state index in [1.807, 2.05) is 17.7 Å². The standard InChI is InChI=1S/C14H17N5O2/c1-10-5-16-13(6-15-10)14(20)18-7-11-3-4-17-19(11)9-12(8-18)21-2/h3-6,12H,7-9H2,1-2H3. The largest absolute Gasteiger partial charge is 0.378 e. The third kappa shape index (κ3) is 2.78. The fraction of sp³-hybridized carbons (Fsp3) is 0.429. The van der Waals surface area contributed by atoms with E-state index in [0.717, 1.165) is 11.4 Å². The number of fused-ring (bicyclic) bond motifs is 1. The fourth-order valence-corrected chi connectivity index (χ4v) is 2.38. The highest BCUT2D eigenvalue weighted by Gasteiger charge is 2.26. The predicted molar refractivity (Wildman–Crippen MR) is 74.5 cm³/mol. The lowest BCUT2D eigenvalue weighted by Gasteiger charge is -2.22. The molecule has 0 aromatic carbocycles. The first-order valence-electron chi connectivity index (χ1n) is 6.79. The van der Waals surface area contributed by atoms with Crippen LogP contribution in [0.25, 0.3) is 0 Å². The summed E-state index contributed by atoms with van der Waals surface area (Å²) >= 11 is 0. The summed E-state index contributed by atoms with van der Waals surface area (Å²) in [5.74, 6) is -0.140. The van der Waals surface area contributed by atoms with Crippen molar-refractivity contribution in [3.8, 4) is 0 Å². The number of nitrogens with zero attached hydrogens (tertiary/aromatic N) is 5. The van der Waals surface area contributed by atoms with E-state index in [4.69, 9.17) is 4.74 Å². The molecule has 0 saturated heterocycles. The van der Waals surface area contributed by atoms with Crippen LogP contribution in [0.1, 0.15) is 21.9 Å². The van der Waals surface area contributed by atoms with E-state index in [2.05, 4.69) is 15.1 Å². The predicted octanol–water partition coefficient (Wildman–Crippen LogP) is 0.653. The summed E-state index contributed by atoms with van der Waals surface area (Å²) < 4.78 is 7.32. The van der Waals surface area contributed by atoms with Crippen LogP contribution in [0.3, 0.4) is 0 Å². The van der Waals surface area contributed by atoms with Gasteiger partial charge in [-0.15, -0.1) is 0 Å². The molecule has 1 atom stereocenters. The minimum absolute atomic E-state index is 0.0893. The second-order valence-corrected chi connectivity index (χ2v) is 5.09. The van der Waals surface area contributed by atoms with Gasteiger partial charge in [-0.3, -0.25) is 14.5 Å². The highest BCUT2D eigenvalue weighted by molar-refractivity contribution is 5.92. The van der Waals surface area contributed by atoms with E-state index in [0.29, 0.717) is 25.3 Å². The van der Waals surface area contributed by atoms with Gasteiger partial charge in [0, 0.05) is 26.0 Å². The average molecular weight is 287 g/mol. The molecule has 1 unspecified atom stereocenters. The first-order chi connectivity index (χ1) is 10.2. The van der Waals surface area contributed by atoms with E-state index in [-0.39, 0.29) is 12.0 Å². The van der Waals surface area contributed by atoms with Gasteiger partial charge in [-0.2, -0.15) is 5.10 Å². The zero-order chi connectivity index (χ0) is 14.8. The van der Waals surface area contributed by atoms with Gasteiger partial charge in [0.05, 0.1) is 36.8 Å². The van der Waals surface area contributed by atoms with E-state index in [9.17, 15) is 4.79 Å². The van der Waals surface area contributed by atoms with Crippen LogP contribution in [-0.2, 0) is 17.8 Å². The Kier molecular flexibility index (Phi) is 3.66. The number of hydrogen-bond donors (Lipinski definition) is 0. The number of aryl methyl sites for hydroxylation is 1. The fourth-order valence-electron chi connectivity index (χ4n) is 2.38. The Bertz CT molecular complexity index is 637. The Balaban J connectivity index is 1.86. The molecule has 21 heavy (non-hydrogen) atoms. The number of aromatic nitrogens is 4. The van der Waals surface area contributed by atoms with Gasteiger partial charge in [0.25, 0.3) is 5.91 Å². The number of carbonyl (C=O) groups excluding carboxylic acids is 1. The summed E-state index contributed by atoms with van der Waals surface area (Å²) in [6.07, 6.45) is 4.76. The smallest absolute Gasteiger partial charge is 0.274 e. The van der Waals surface area contributed by atoms with Gasteiger partial charge in [0.1, 0.15) is 5.69 Å². The zero-order valence-corrected chi connectivity index (χ0v) is 12.1. The molecule has 1 aliphatic rings. The zero-order valence-electron chi connectivity index (χ0n) is 12.1. The van der Waals surface area contributed by atoms with Crippen LogP contribution in [0.15, 0.2) is 24.7 Å². The summed E-state index contributed by atoms with van der Waals surface area (Å²) in [6, 6.07) is 1.92. The van der Waals surface area contributed by atoms with Gasteiger partial charge in [-0.25, -0.2) is 4.98 Å². The third-order valence-electron chi connectivity index (χ3n) is 3.58. The molecule has 3 rings (SSSR count). The Labute approximate surface area is 122 Å². The molecule has 2 aromatic rings. The van der Waals surface area contributed by atoms with Gasteiger partial charge in [0.15, 0.2) is 0 Å². The lowest BCUT2D eigenvalue weighted by atomic mass is 10.3. The van der Waals surface area contributed by atoms with E-state index >= 15 is 0 Å². The molecule has 1 amide bonds. The SMILES string of the molecule is COC1CN(C(=O)c2cnc(C)cn2)Cc2ccnn2C1. The maximum absolute atomic E-state index is 12.6. The molecule has 0 spiro atoms. The Hall–Kier alpha value is -2.28. The molecule has 3 heterocycles. The van der Waals surface area contributed by atoms with Crippen LogP contribution in [0.2, 0.25) is 0 Å². The monoisotopic (exact) mass is 287 g/mol. The van der Waals surface area contributed by atoms with E-state index in [1.165, 1.54) is 6.20 Å².